The van der Waals surface area contributed by atoms with Gasteiger partial charge in [-0.15, -0.1) is 0 Å². The van der Waals surface area contributed by atoms with Crippen LogP contribution in [0.5, 0.6) is 0 Å². The van der Waals surface area contributed by atoms with Crippen LogP contribution in [0.25, 0.3) is 0 Å². The van der Waals surface area contributed by atoms with Crippen LogP contribution >= 0.6 is 0 Å². The van der Waals surface area contributed by atoms with Crippen molar-refractivity contribution in [2.24, 2.45) is 5.10 Å². The van der Waals surface area contributed by atoms with Gasteiger partial charge in [-0.3, -0.25) is 14.6 Å². The minimum Gasteiger partial charge on any atom is -0.455 e. The summed E-state index contributed by atoms with van der Waals surface area (Å²) < 4.78 is 5.91. The molecule has 0 bridgehead atoms. The predicted molar refractivity (Wildman–Crippen MR) is 117 cm³/mol. The van der Waals surface area contributed by atoms with Crippen molar-refractivity contribution in [3.05, 3.63) is 88.6 Å². The Bertz CT molecular complexity index is 1100. The Morgan fingerprint density at radius 2 is 1.94 bits per heavy atom. The zero-order chi connectivity index (χ0) is 21.6. The van der Waals surface area contributed by atoms with Gasteiger partial charge in [0.1, 0.15) is 5.76 Å². The van der Waals surface area contributed by atoms with Gasteiger partial charge in [-0.25, -0.2) is 5.43 Å². The van der Waals surface area contributed by atoms with E-state index in [1.54, 1.807) is 18.3 Å². The lowest BCUT2D eigenvalue weighted by molar-refractivity contribution is 0.0922. The van der Waals surface area contributed by atoms with Gasteiger partial charge in [0.25, 0.3) is 11.8 Å². The van der Waals surface area contributed by atoms with Crippen molar-refractivity contribution < 1.29 is 14.0 Å². The van der Waals surface area contributed by atoms with E-state index >= 15 is 0 Å². The molecule has 7 nitrogen and oxygen atoms in total. The fourth-order valence-electron chi connectivity index (χ4n) is 3.72. The van der Waals surface area contributed by atoms with E-state index in [2.05, 4.69) is 20.8 Å². The van der Waals surface area contributed by atoms with Crippen molar-refractivity contribution in [2.75, 3.05) is 6.54 Å². The number of fused-ring (bicyclic) bond motifs is 1. The van der Waals surface area contributed by atoms with Crippen molar-refractivity contribution >= 4 is 17.5 Å². The summed E-state index contributed by atoms with van der Waals surface area (Å²) in [5.74, 6) is 0.493. The Labute approximate surface area is 180 Å². The predicted octanol–water partition coefficient (Wildman–Crippen LogP) is 3.43. The van der Waals surface area contributed by atoms with Crippen LogP contribution in [-0.2, 0) is 12.8 Å². The first-order chi connectivity index (χ1) is 15.1. The van der Waals surface area contributed by atoms with Gasteiger partial charge < -0.3 is 9.73 Å². The number of hydrogen-bond acceptors (Lipinski definition) is 5. The van der Waals surface area contributed by atoms with Gasteiger partial charge in [0, 0.05) is 36.5 Å². The van der Waals surface area contributed by atoms with Crippen molar-refractivity contribution in [1.29, 1.82) is 0 Å². The van der Waals surface area contributed by atoms with Crippen molar-refractivity contribution in [2.45, 2.75) is 32.6 Å². The molecule has 0 saturated heterocycles. The molecule has 1 aliphatic carbocycles. The summed E-state index contributed by atoms with van der Waals surface area (Å²) in [7, 11) is 0. The first-order valence-corrected chi connectivity index (χ1v) is 10.3. The highest BCUT2D eigenvalue weighted by Gasteiger charge is 2.28. The number of nitrogens with zero attached hydrogens (tertiary/aromatic N) is 2. The van der Waals surface area contributed by atoms with E-state index in [4.69, 9.17) is 4.42 Å². The van der Waals surface area contributed by atoms with Crippen LogP contribution in [0.1, 0.15) is 56.2 Å². The van der Waals surface area contributed by atoms with Gasteiger partial charge in [0.05, 0.1) is 11.3 Å². The highest BCUT2D eigenvalue weighted by atomic mass is 16.4. The lowest BCUT2D eigenvalue weighted by Gasteiger charge is -2.13. The van der Waals surface area contributed by atoms with Crippen LogP contribution in [0, 0.1) is 6.92 Å². The number of nitrogens with one attached hydrogen (secondary N) is 2. The summed E-state index contributed by atoms with van der Waals surface area (Å²) in [4.78, 5) is 28.9. The summed E-state index contributed by atoms with van der Waals surface area (Å²) in [5, 5.41) is 7.27. The standard InChI is InChI=1S/C24H24N4O3/c1-16-21-19(27-28-23(29)18-9-6-13-25-15-18)10-5-11-20(21)31-22(16)24(30)26-14-12-17-7-3-2-4-8-17/h2-4,6-9,13,15H,5,10-12,14H2,1H3,(H,26,30)(H,28,29)/b27-19+. The van der Waals surface area contributed by atoms with Crippen LogP contribution in [0.15, 0.2) is 64.4 Å². The van der Waals surface area contributed by atoms with E-state index in [1.165, 1.54) is 6.20 Å². The molecule has 0 aliphatic heterocycles. The van der Waals surface area contributed by atoms with Gasteiger partial charge in [0.2, 0.25) is 0 Å². The van der Waals surface area contributed by atoms with Crippen LogP contribution < -0.4 is 10.7 Å². The molecule has 1 aromatic carbocycles. The first-order valence-electron chi connectivity index (χ1n) is 10.3. The lowest BCUT2D eigenvalue weighted by Crippen LogP contribution is -2.26. The maximum atomic E-state index is 12.7. The Hall–Kier alpha value is -3.74. The normalized spacial score (nSPS) is 14.2. The average molecular weight is 416 g/mol. The monoisotopic (exact) mass is 416 g/mol. The molecule has 1 aliphatic rings. The first kappa shape index (κ1) is 20.5. The van der Waals surface area contributed by atoms with E-state index in [9.17, 15) is 9.59 Å². The number of carbonyl (C=O) groups is 2. The molecule has 2 amide bonds. The fourth-order valence-corrected chi connectivity index (χ4v) is 3.72. The van der Waals surface area contributed by atoms with E-state index < -0.39 is 0 Å². The lowest BCUT2D eigenvalue weighted by atomic mass is 9.93. The molecule has 3 aromatic rings. The minimum absolute atomic E-state index is 0.235. The smallest absolute Gasteiger partial charge is 0.287 e. The summed E-state index contributed by atoms with van der Waals surface area (Å²) in [5.41, 5.74) is 6.50. The molecule has 0 radical (unpaired) electrons. The van der Waals surface area contributed by atoms with E-state index in [-0.39, 0.29) is 11.8 Å². The number of carbonyl (C=O) groups excluding carboxylic acids is 2. The Morgan fingerprint density at radius 3 is 2.71 bits per heavy atom. The molecule has 2 heterocycles. The highest BCUT2D eigenvalue weighted by Crippen LogP contribution is 2.29. The highest BCUT2D eigenvalue weighted by molar-refractivity contribution is 6.07. The van der Waals surface area contributed by atoms with Crippen LogP contribution in [-0.4, -0.2) is 29.1 Å². The van der Waals surface area contributed by atoms with Crippen LogP contribution in [0.3, 0.4) is 0 Å². The number of amides is 2. The van der Waals surface area contributed by atoms with Crippen molar-refractivity contribution in [3.8, 4) is 0 Å². The van der Waals surface area contributed by atoms with E-state index in [0.29, 0.717) is 24.3 Å². The largest absolute Gasteiger partial charge is 0.455 e. The van der Waals surface area contributed by atoms with Gasteiger partial charge in [0.15, 0.2) is 5.76 Å². The molecule has 0 fully saturated rings. The molecule has 2 N–H and O–H groups in total. The number of benzene rings is 1. The zero-order valence-electron chi connectivity index (χ0n) is 17.4. The summed E-state index contributed by atoms with van der Waals surface area (Å²) >= 11 is 0. The second kappa shape index (κ2) is 9.38. The second-order valence-electron chi connectivity index (χ2n) is 7.44. The molecule has 0 unspecified atom stereocenters. The zero-order valence-corrected chi connectivity index (χ0v) is 17.4. The van der Waals surface area contributed by atoms with Crippen LogP contribution in [0.2, 0.25) is 0 Å². The molecule has 158 valence electrons. The molecule has 2 aromatic heterocycles. The van der Waals surface area contributed by atoms with Crippen molar-refractivity contribution in [3.63, 3.8) is 0 Å². The second-order valence-corrected chi connectivity index (χ2v) is 7.44. The summed E-state index contributed by atoms with van der Waals surface area (Å²) in [6, 6.07) is 13.4. The Morgan fingerprint density at radius 1 is 1.10 bits per heavy atom. The third-order valence-corrected chi connectivity index (χ3v) is 5.29. The average Bonchev–Trinajstić information content (AvgIpc) is 3.16. The van der Waals surface area contributed by atoms with Gasteiger partial charge >= 0.3 is 0 Å². The maximum absolute atomic E-state index is 12.7. The number of aryl methyl sites for hydroxylation is 1. The molecule has 31 heavy (non-hydrogen) atoms. The minimum atomic E-state index is -0.326. The number of aromatic nitrogens is 1. The van der Waals surface area contributed by atoms with Gasteiger partial charge in [-0.1, -0.05) is 30.3 Å². The number of hydrazone groups is 1. The Balaban J connectivity index is 1.46. The Kier molecular flexibility index (Phi) is 6.21. The van der Waals surface area contributed by atoms with Crippen LogP contribution in [0.4, 0.5) is 0 Å². The SMILES string of the molecule is Cc1c(C(=O)NCCc2ccccc2)oc2c1/C(=N/NC(=O)c1cccnc1)CCC2. The molecular formula is C24H24N4O3. The quantitative estimate of drug-likeness (QED) is 0.602. The number of rotatable bonds is 6. The van der Waals surface area contributed by atoms with E-state index in [0.717, 1.165) is 47.4 Å². The third kappa shape index (κ3) is 4.71. The molecular weight excluding hydrogens is 392 g/mol. The molecule has 4 rings (SSSR count). The summed E-state index contributed by atoms with van der Waals surface area (Å²) in [6.07, 6.45) is 6.13. The fraction of sp³-hybridized carbons (Fsp3) is 0.250. The molecule has 0 atom stereocenters. The number of pyridine rings is 1. The topological polar surface area (TPSA) is 96.6 Å². The van der Waals surface area contributed by atoms with Crippen molar-refractivity contribution in [1.82, 2.24) is 15.7 Å². The summed E-state index contributed by atoms with van der Waals surface area (Å²) in [6.45, 7) is 2.38. The number of hydrogen-bond donors (Lipinski definition) is 2. The third-order valence-electron chi connectivity index (χ3n) is 5.29. The van der Waals surface area contributed by atoms with Gasteiger partial charge in [-0.2, -0.15) is 5.10 Å². The maximum Gasteiger partial charge on any atom is 0.287 e. The molecule has 7 heteroatoms. The number of furan rings is 1. The molecule has 0 saturated carbocycles. The van der Waals surface area contributed by atoms with Gasteiger partial charge in [-0.05, 0) is 43.9 Å². The van der Waals surface area contributed by atoms with E-state index in [1.807, 2.05) is 37.3 Å². The molecule has 0 spiro atoms.